The van der Waals surface area contributed by atoms with E-state index < -0.39 is 0 Å². The summed E-state index contributed by atoms with van der Waals surface area (Å²) in [4.78, 5) is 24.2. The van der Waals surface area contributed by atoms with Gasteiger partial charge in [-0.25, -0.2) is 0 Å². The Balaban J connectivity index is 3.99. The van der Waals surface area contributed by atoms with Crippen LogP contribution in [0.3, 0.4) is 0 Å². The molecule has 2 amide bonds. The first-order chi connectivity index (χ1) is 8.34. The first-order valence-corrected chi connectivity index (χ1v) is 6.05. The molecule has 3 N–H and O–H groups in total. The third kappa shape index (κ3) is 7.62. The van der Waals surface area contributed by atoms with Crippen molar-refractivity contribution >= 4 is 11.8 Å². The molecule has 18 heavy (non-hydrogen) atoms. The van der Waals surface area contributed by atoms with Crippen molar-refractivity contribution in [2.45, 2.75) is 20.3 Å². The van der Waals surface area contributed by atoms with E-state index in [9.17, 15) is 9.59 Å². The molecule has 0 saturated carbocycles. The molecule has 0 aromatic carbocycles. The summed E-state index contributed by atoms with van der Waals surface area (Å²) in [6, 6.07) is 0. The number of rotatable bonds is 7. The number of carbonyl (C=O) groups is 2. The van der Waals surface area contributed by atoms with Gasteiger partial charge >= 0.3 is 0 Å². The number of nitrogens with one attached hydrogen (secondary N) is 3. The van der Waals surface area contributed by atoms with E-state index in [1.165, 1.54) is 11.1 Å². The Bertz CT molecular complexity index is 346. The molecule has 0 rings (SSSR count). The van der Waals surface area contributed by atoms with Gasteiger partial charge in [-0.1, -0.05) is 6.58 Å². The molecule has 5 heteroatoms. The van der Waals surface area contributed by atoms with E-state index in [0.29, 0.717) is 17.7 Å². The van der Waals surface area contributed by atoms with Crippen LogP contribution < -0.4 is 15.5 Å². The maximum atomic E-state index is 11.6. The van der Waals surface area contributed by atoms with Gasteiger partial charge in [-0.15, -0.1) is 0 Å². The van der Waals surface area contributed by atoms with Crippen LogP contribution in [-0.2, 0) is 9.59 Å². The summed E-state index contributed by atoms with van der Waals surface area (Å²) in [6.45, 7) is 8.43. The van der Waals surface area contributed by atoms with Gasteiger partial charge in [0.05, 0.1) is 20.6 Å². The second-order valence-electron chi connectivity index (χ2n) is 4.65. The van der Waals surface area contributed by atoms with E-state index in [1.54, 1.807) is 13.8 Å². The summed E-state index contributed by atoms with van der Waals surface area (Å²) >= 11 is 0. The minimum Gasteiger partial charge on any atom is -0.352 e. The first-order valence-electron chi connectivity index (χ1n) is 6.05. The Labute approximate surface area is 109 Å². The Morgan fingerprint density at radius 3 is 2.33 bits per heavy atom. The summed E-state index contributed by atoms with van der Waals surface area (Å²) in [6.07, 6.45) is 2.34. The molecular formula is C13H24N3O2+. The molecule has 0 unspecified atom stereocenters. The fraction of sp³-hybridized carbons (Fsp3) is 0.538. The van der Waals surface area contributed by atoms with E-state index in [2.05, 4.69) is 31.3 Å². The summed E-state index contributed by atoms with van der Waals surface area (Å²) in [5, 5.41) is 5.30. The van der Waals surface area contributed by atoms with E-state index in [1.807, 2.05) is 0 Å². The average molecular weight is 254 g/mol. The van der Waals surface area contributed by atoms with Gasteiger partial charge in [0.25, 0.3) is 0 Å². The van der Waals surface area contributed by atoms with Gasteiger partial charge in [0, 0.05) is 30.3 Å². The quantitative estimate of drug-likeness (QED) is 0.413. The molecule has 0 aromatic rings. The highest BCUT2D eigenvalue weighted by Crippen LogP contribution is 1.92. The standard InChI is InChI=1S/C13H23N3O2/c1-10(2)12(17)15-9-11(3)13(18)14-7-6-8-16(4)5/h9H,1,6-8H2,2-5H3,(H,14,18)(H,15,17)/p+1. The third-order valence-electron chi connectivity index (χ3n) is 2.30. The van der Waals surface area contributed by atoms with E-state index in [4.69, 9.17) is 0 Å². The van der Waals surface area contributed by atoms with Crippen LogP contribution in [0.5, 0.6) is 0 Å². The number of hydrogen-bond acceptors (Lipinski definition) is 2. The van der Waals surface area contributed by atoms with Crippen molar-refractivity contribution in [3.8, 4) is 0 Å². The lowest BCUT2D eigenvalue weighted by Crippen LogP contribution is -3.05. The predicted octanol–water partition coefficient (Wildman–Crippen LogP) is -0.767. The van der Waals surface area contributed by atoms with Crippen LogP contribution in [-0.4, -0.2) is 39.0 Å². The first kappa shape index (κ1) is 16.4. The van der Waals surface area contributed by atoms with Gasteiger partial charge in [-0.05, 0) is 13.8 Å². The smallest absolute Gasteiger partial charge is 0.250 e. The van der Waals surface area contributed by atoms with Gasteiger partial charge < -0.3 is 15.5 Å². The highest BCUT2D eigenvalue weighted by Gasteiger charge is 2.05. The molecule has 0 radical (unpaired) electrons. The minimum absolute atomic E-state index is 0.161. The highest BCUT2D eigenvalue weighted by atomic mass is 16.2. The van der Waals surface area contributed by atoms with E-state index in [0.717, 1.165) is 13.0 Å². The fourth-order valence-corrected chi connectivity index (χ4v) is 1.15. The number of hydrogen-bond donors (Lipinski definition) is 3. The summed E-state index contributed by atoms with van der Waals surface area (Å²) in [7, 11) is 4.14. The Hall–Kier alpha value is -1.62. The molecule has 0 aliphatic rings. The summed E-state index contributed by atoms with van der Waals surface area (Å²) < 4.78 is 0. The van der Waals surface area contributed by atoms with Crippen molar-refractivity contribution in [3.63, 3.8) is 0 Å². The molecule has 0 bridgehead atoms. The van der Waals surface area contributed by atoms with Gasteiger partial charge in [0.1, 0.15) is 0 Å². The molecule has 0 atom stereocenters. The van der Waals surface area contributed by atoms with Crippen LogP contribution in [0.2, 0.25) is 0 Å². The average Bonchev–Trinajstić information content (AvgIpc) is 2.30. The lowest BCUT2D eigenvalue weighted by Gasteiger charge is -2.08. The largest absolute Gasteiger partial charge is 0.352 e. The van der Waals surface area contributed by atoms with E-state index in [-0.39, 0.29) is 11.8 Å². The zero-order chi connectivity index (χ0) is 14.1. The minimum atomic E-state index is -0.279. The van der Waals surface area contributed by atoms with Crippen LogP contribution in [0, 0.1) is 0 Å². The van der Waals surface area contributed by atoms with Gasteiger partial charge in [-0.3, -0.25) is 9.59 Å². The van der Waals surface area contributed by atoms with Crippen molar-refractivity contribution in [2.24, 2.45) is 0 Å². The van der Waals surface area contributed by atoms with Crippen LogP contribution in [0.4, 0.5) is 0 Å². The molecule has 0 aliphatic heterocycles. The monoisotopic (exact) mass is 254 g/mol. The SMILES string of the molecule is C=C(C)C(=O)NC=C(C)C(=O)NCCC[NH+](C)C. The maximum Gasteiger partial charge on any atom is 0.250 e. The maximum absolute atomic E-state index is 11.6. The number of amides is 2. The number of quaternary nitrogens is 1. The second-order valence-corrected chi connectivity index (χ2v) is 4.65. The van der Waals surface area contributed by atoms with Crippen molar-refractivity contribution in [1.29, 1.82) is 0 Å². The molecule has 102 valence electrons. The third-order valence-corrected chi connectivity index (χ3v) is 2.30. The van der Waals surface area contributed by atoms with Crippen molar-refractivity contribution in [2.75, 3.05) is 27.2 Å². The summed E-state index contributed by atoms with van der Waals surface area (Å²) in [5.74, 6) is -0.441. The van der Waals surface area contributed by atoms with Crippen LogP contribution in [0.15, 0.2) is 23.9 Å². The molecular weight excluding hydrogens is 230 g/mol. The van der Waals surface area contributed by atoms with Crippen LogP contribution in [0.1, 0.15) is 20.3 Å². The summed E-state index contributed by atoms with van der Waals surface area (Å²) in [5.41, 5.74) is 0.884. The lowest BCUT2D eigenvalue weighted by molar-refractivity contribution is -0.858. The zero-order valence-corrected chi connectivity index (χ0v) is 11.7. The lowest BCUT2D eigenvalue weighted by atomic mass is 10.3. The molecule has 0 spiro atoms. The molecule has 5 nitrogen and oxygen atoms in total. The van der Waals surface area contributed by atoms with E-state index >= 15 is 0 Å². The van der Waals surface area contributed by atoms with Crippen LogP contribution in [0.25, 0.3) is 0 Å². The fourth-order valence-electron chi connectivity index (χ4n) is 1.15. The number of carbonyl (C=O) groups excluding carboxylic acids is 2. The normalized spacial score (nSPS) is 11.3. The van der Waals surface area contributed by atoms with Crippen molar-refractivity contribution in [1.82, 2.24) is 10.6 Å². The predicted molar refractivity (Wildman–Crippen MR) is 72.0 cm³/mol. The Kier molecular flexibility index (Phi) is 7.71. The van der Waals surface area contributed by atoms with Crippen molar-refractivity contribution < 1.29 is 14.5 Å². The second kappa shape index (κ2) is 8.47. The molecule has 0 heterocycles. The Morgan fingerprint density at radius 1 is 1.22 bits per heavy atom. The van der Waals surface area contributed by atoms with Gasteiger partial charge in [0.2, 0.25) is 11.8 Å². The Morgan fingerprint density at radius 2 is 1.83 bits per heavy atom. The van der Waals surface area contributed by atoms with Gasteiger partial charge in [-0.2, -0.15) is 0 Å². The molecule has 0 aromatic heterocycles. The zero-order valence-electron chi connectivity index (χ0n) is 11.7. The molecule has 0 fully saturated rings. The van der Waals surface area contributed by atoms with Crippen LogP contribution >= 0.6 is 0 Å². The highest BCUT2D eigenvalue weighted by molar-refractivity contribution is 5.96. The topological polar surface area (TPSA) is 62.6 Å². The van der Waals surface area contributed by atoms with Crippen molar-refractivity contribution in [3.05, 3.63) is 23.9 Å². The van der Waals surface area contributed by atoms with Gasteiger partial charge in [0.15, 0.2) is 0 Å². The molecule has 0 saturated heterocycles. The molecule has 0 aliphatic carbocycles.